The fourth-order valence-electron chi connectivity index (χ4n) is 4.77. The first-order valence-electron chi connectivity index (χ1n) is 12.5. The lowest BCUT2D eigenvalue weighted by Crippen LogP contribution is -2.51. The van der Waals surface area contributed by atoms with Gasteiger partial charge in [0, 0.05) is 11.0 Å². The highest BCUT2D eigenvalue weighted by Crippen LogP contribution is 2.37. The van der Waals surface area contributed by atoms with Crippen molar-refractivity contribution in [1.82, 2.24) is 9.03 Å². The van der Waals surface area contributed by atoms with Crippen molar-refractivity contribution in [1.29, 1.82) is 0 Å². The van der Waals surface area contributed by atoms with E-state index in [0.29, 0.717) is 11.5 Å². The number of halogens is 1. The summed E-state index contributed by atoms with van der Waals surface area (Å²) in [6, 6.07) is 24.8. The summed E-state index contributed by atoms with van der Waals surface area (Å²) < 4.78 is 57.8. The van der Waals surface area contributed by atoms with Crippen LogP contribution in [0.4, 0.5) is 0 Å². The Morgan fingerprint density at radius 1 is 0.842 bits per heavy atom. The monoisotopic (exact) mass is 602 g/mol. The van der Waals surface area contributed by atoms with E-state index in [1.165, 1.54) is 4.31 Å². The molecule has 3 aromatic rings. The number of rotatable bonds is 8. The number of nitrogens with one attached hydrogen (secondary N) is 1. The second kappa shape index (κ2) is 11.3. The molecule has 2 fully saturated rings. The molecule has 2 heterocycles. The van der Waals surface area contributed by atoms with E-state index in [0.717, 1.165) is 10.0 Å². The molecule has 0 aliphatic carbocycles. The molecule has 5 rings (SSSR count). The Balaban J connectivity index is 1.49. The molecular formula is C28H31BrN2O6S. The van der Waals surface area contributed by atoms with Gasteiger partial charge in [-0.2, -0.15) is 17.4 Å². The summed E-state index contributed by atoms with van der Waals surface area (Å²) in [6.07, 6.45) is -1.22. The normalized spacial score (nSPS) is 26.3. The first-order valence-corrected chi connectivity index (χ1v) is 14.7. The van der Waals surface area contributed by atoms with E-state index in [1.54, 1.807) is 0 Å². The summed E-state index contributed by atoms with van der Waals surface area (Å²) in [5.41, 5.74) is 0.831. The lowest BCUT2D eigenvalue weighted by atomic mass is 10.00. The third-order valence-corrected chi connectivity index (χ3v) is 8.65. The Hall–Kier alpha value is -2.47. The molecule has 2 aliphatic heterocycles. The number of ether oxygens (including phenoxy) is 4. The predicted molar refractivity (Wildman–Crippen MR) is 147 cm³/mol. The van der Waals surface area contributed by atoms with Gasteiger partial charge in [0.15, 0.2) is 5.79 Å². The van der Waals surface area contributed by atoms with E-state index in [9.17, 15) is 8.42 Å². The van der Waals surface area contributed by atoms with Gasteiger partial charge in [-0.1, -0.05) is 64.5 Å². The first-order chi connectivity index (χ1) is 18.2. The zero-order valence-corrected chi connectivity index (χ0v) is 23.6. The van der Waals surface area contributed by atoms with Crippen LogP contribution >= 0.6 is 15.9 Å². The quantitative estimate of drug-likeness (QED) is 0.408. The van der Waals surface area contributed by atoms with Crippen molar-refractivity contribution < 1.29 is 27.4 Å². The van der Waals surface area contributed by atoms with Crippen LogP contribution in [0.25, 0.3) is 0 Å². The molecule has 0 spiro atoms. The van der Waals surface area contributed by atoms with Crippen molar-refractivity contribution in [2.75, 3.05) is 13.2 Å². The fraction of sp³-hybridized carbons (Fsp3) is 0.357. The van der Waals surface area contributed by atoms with Gasteiger partial charge in [0.2, 0.25) is 0 Å². The Kier molecular flexibility index (Phi) is 8.08. The van der Waals surface area contributed by atoms with Crippen LogP contribution in [-0.4, -0.2) is 56.0 Å². The zero-order chi connectivity index (χ0) is 26.8. The molecule has 202 valence electrons. The maximum Gasteiger partial charge on any atom is 0.280 e. The molecule has 38 heavy (non-hydrogen) atoms. The number of para-hydroxylation sites is 2. The number of fused-ring (bicyclic) bond motifs is 1. The number of benzene rings is 3. The fourth-order valence-corrected chi connectivity index (χ4v) is 6.61. The summed E-state index contributed by atoms with van der Waals surface area (Å²) in [5, 5.41) is 0. The van der Waals surface area contributed by atoms with Crippen molar-refractivity contribution in [3.05, 3.63) is 95.0 Å². The van der Waals surface area contributed by atoms with Crippen molar-refractivity contribution in [3.8, 4) is 11.5 Å². The zero-order valence-electron chi connectivity index (χ0n) is 21.2. The van der Waals surface area contributed by atoms with Gasteiger partial charge in [0.1, 0.15) is 36.9 Å². The lowest BCUT2D eigenvalue weighted by Gasteiger charge is -2.32. The number of hydrogen-bond donors (Lipinski definition) is 1. The molecule has 2 aliphatic rings. The van der Waals surface area contributed by atoms with Gasteiger partial charge in [-0.05, 0) is 55.8 Å². The SMILES string of the molecule is CC1(C)O[C@@H]2[C@@H](O1)[C@@H](COc1ccccc1)NS(=O)(=O)N(Cc1ccc(Br)cc1)[C@@H]2COc1ccccc1. The molecule has 8 nitrogen and oxygen atoms in total. The summed E-state index contributed by atoms with van der Waals surface area (Å²) in [5.74, 6) is 0.364. The van der Waals surface area contributed by atoms with Gasteiger partial charge in [-0.15, -0.1) is 0 Å². The van der Waals surface area contributed by atoms with Crippen molar-refractivity contribution in [2.24, 2.45) is 0 Å². The molecule has 0 unspecified atom stereocenters. The largest absolute Gasteiger partial charge is 0.492 e. The maximum atomic E-state index is 13.9. The van der Waals surface area contributed by atoms with Gasteiger partial charge in [-0.3, -0.25) is 0 Å². The predicted octanol–water partition coefficient (Wildman–Crippen LogP) is 4.51. The molecule has 3 aromatic carbocycles. The van der Waals surface area contributed by atoms with Crippen LogP contribution in [0.1, 0.15) is 19.4 Å². The minimum absolute atomic E-state index is 0.0717. The van der Waals surface area contributed by atoms with E-state index in [1.807, 2.05) is 98.8 Å². The van der Waals surface area contributed by atoms with Gasteiger partial charge in [0.05, 0.1) is 12.1 Å². The lowest BCUT2D eigenvalue weighted by molar-refractivity contribution is -0.154. The van der Waals surface area contributed by atoms with E-state index < -0.39 is 40.3 Å². The molecular weight excluding hydrogens is 572 g/mol. The highest BCUT2D eigenvalue weighted by Gasteiger charge is 2.55. The molecule has 0 saturated carbocycles. The molecule has 1 N–H and O–H groups in total. The van der Waals surface area contributed by atoms with Gasteiger partial charge < -0.3 is 18.9 Å². The van der Waals surface area contributed by atoms with Gasteiger partial charge >= 0.3 is 0 Å². The van der Waals surface area contributed by atoms with E-state index >= 15 is 0 Å². The molecule has 10 heteroatoms. The standard InChI is InChI=1S/C28H31BrN2O6S/c1-28(2)36-26-24(18-34-22-9-5-3-6-10-22)30-38(32,33)31(17-20-13-15-21(29)16-14-20)25(27(26)37-28)19-35-23-11-7-4-8-12-23/h3-16,24-27,30H,17-19H2,1-2H3/t24-,25-,26+,27+/m1/s1. The summed E-state index contributed by atoms with van der Waals surface area (Å²) >= 11 is 3.45. The highest BCUT2D eigenvalue weighted by atomic mass is 79.9. The van der Waals surface area contributed by atoms with Crippen LogP contribution in [0.5, 0.6) is 11.5 Å². The smallest absolute Gasteiger partial charge is 0.280 e. The first kappa shape index (κ1) is 27.1. The average Bonchev–Trinajstić information content (AvgIpc) is 3.20. The van der Waals surface area contributed by atoms with E-state index in [4.69, 9.17) is 18.9 Å². The van der Waals surface area contributed by atoms with Crippen LogP contribution < -0.4 is 14.2 Å². The Labute approximate surface area is 232 Å². The molecule has 2 saturated heterocycles. The molecule has 4 atom stereocenters. The summed E-state index contributed by atoms with van der Waals surface area (Å²) in [4.78, 5) is 0. The van der Waals surface area contributed by atoms with E-state index in [-0.39, 0.29) is 19.8 Å². The summed E-state index contributed by atoms with van der Waals surface area (Å²) in [6.45, 7) is 3.94. The molecule has 0 amide bonds. The summed E-state index contributed by atoms with van der Waals surface area (Å²) in [7, 11) is -4.00. The van der Waals surface area contributed by atoms with Crippen LogP contribution in [0.2, 0.25) is 0 Å². The minimum atomic E-state index is -4.00. The minimum Gasteiger partial charge on any atom is -0.492 e. The topological polar surface area (TPSA) is 86.3 Å². The second-order valence-electron chi connectivity index (χ2n) is 9.78. The van der Waals surface area contributed by atoms with Crippen LogP contribution in [0.3, 0.4) is 0 Å². The van der Waals surface area contributed by atoms with Crippen molar-refractivity contribution in [3.63, 3.8) is 0 Å². The average molecular weight is 604 g/mol. The third-order valence-electron chi connectivity index (χ3n) is 6.51. The van der Waals surface area contributed by atoms with Gasteiger partial charge in [-0.25, -0.2) is 0 Å². The molecule has 0 radical (unpaired) electrons. The third kappa shape index (κ3) is 6.39. The number of nitrogens with zero attached hydrogens (tertiary/aromatic N) is 1. The van der Waals surface area contributed by atoms with Crippen LogP contribution in [0.15, 0.2) is 89.4 Å². The Morgan fingerprint density at radius 2 is 1.39 bits per heavy atom. The number of hydrogen-bond acceptors (Lipinski definition) is 6. The molecule has 0 bridgehead atoms. The second-order valence-corrected chi connectivity index (χ2v) is 12.4. The van der Waals surface area contributed by atoms with Crippen LogP contribution in [0, 0.1) is 0 Å². The van der Waals surface area contributed by atoms with Gasteiger partial charge in [0.25, 0.3) is 10.2 Å². The Bertz CT molecular complexity index is 1310. The highest BCUT2D eigenvalue weighted by molar-refractivity contribution is 9.10. The van der Waals surface area contributed by atoms with Crippen molar-refractivity contribution in [2.45, 2.75) is 50.5 Å². The van der Waals surface area contributed by atoms with E-state index in [2.05, 4.69) is 20.7 Å². The molecule has 0 aromatic heterocycles. The van der Waals surface area contributed by atoms with Crippen LogP contribution in [-0.2, 0) is 26.2 Å². The Morgan fingerprint density at radius 3 is 2.00 bits per heavy atom. The maximum absolute atomic E-state index is 13.9. The van der Waals surface area contributed by atoms with Crippen molar-refractivity contribution >= 4 is 26.1 Å².